The first-order valence-corrected chi connectivity index (χ1v) is 7.51. The summed E-state index contributed by atoms with van der Waals surface area (Å²) in [5.41, 5.74) is 0. The Kier molecular flexibility index (Phi) is 8.65. The van der Waals surface area contributed by atoms with E-state index in [9.17, 15) is 9.59 Å². The van der Waals surface area contributed by atoms with Gasteiger partial charge < -0.3 is 14.8 Å². The lowest BCUT2D eigenvalue weighted by molar-refractivity contribution is -0.122. The maximum atomic E-state index is 11.5. The fraction of sp³-hybridized carbons (Fsp3) is 0.429. The number of carbonyl (C=O) groups is 2. The van der Waals surface area contributed by atoms with Crippen LogP contribution in [0.2, 0.25) is 10.0 Å². The molecule has 2 N–H and O–H groups in total. The second-order valence-corrected chi connectivity index (χ2v) is 5.06. The van der Waals surface area contributed by atoms with E-state index in [1.807, 2.05) is 6.92 Å². The van der Waals surface area contributed by atoms with Crippen LogP contribution in [0.25, 0.3) is 0 Å². The number of ether oxygens (including phenoxy) is 2. The summed E-state index contributed by atoms with van der Waals surface area (Å²) in [6.45, 7) is 3.18. The standard InChI is InChI=1S/C14H18Cl2N2O4/c1-2-21-7-3-6-17-14(20)18-13(19)9-22-12-5-4-10(15)8-11(12)16/h4-5,8H,2-3,6-7,9H2,1H3,(H2,17,18,19,20). The summed E-state index contributed by atoms with van der Waals surface area (Å²) in [7, 11) is 0. The van der Waals surface area contributed by atoms with Gasteiger partial charge in [-0.25, -0.2) is 4.79 Å². The van der Waals surface area contributed by atoms with Gasteiger partial charge in [0.25, 0.3) is 5.91 Å². The lowest BCUT2D eigenvalue weighted by Crippen LogP contribution is -2.42. The number of halogens is 2. The third-order valence-corrected chi connectivity index (χ3v) is 2.99. The molecule has 0 atom stereocenters. The van der Waals surface area contributed by atoms with Crippen LogP contribution < -0.4 is 15.4 Å². The van der Waals surface area contributed by atoms with Crippen LogP contribution in [0, 0.1) is 0 Å². The Hall–Kier alpha value is -1.50. The first kappa shape index (κ1) is 18.5. The highest BCUT2D eigenvalue weighted by Gasteiger charge is 2.09. The van der Waals surface area contributed by atoms with Gasteiger partial charge in [-0.1, -0.05) is 23.2 Å². The van der Waals surface area contributed by atoms with Crippen molar-refractivity contribution >= 4 is 35.1 Å². The molecule has 0 saturated carbocycles. The Morgan fingerprint density at radius 3 is 2.73 bits per heavy atom. The minimum absolute atomic E-state index is 0.292. The Morgan fingerprint density at radius 1 is 1.27 bits per heavy atom. The van der Waals surface area contributed by atoms with Crippen LogP contribution >= 0.6 is 23.2 Å². The van der Waals surface area contributed by atoms with Crippen molar-refractivity contribution < 1.29 is 19.1 Å². The Labute approximate surface area is 139 Å². The molecule has 0 spiro atoms. The van der Waals surface area contributed by atoms with E-state index in [0.717, 1.165) is 0 Å². The highest BCUT2D eigenvalue weighted by atomic mass is 35.5. The highest BCUT2D eigenvalue weighted by molar-refractivity contribution is 6.35. The number of urea groups is 1. The number of hydrogen-bond donors (Lipinski definition) is 2. The van der Waals surface area contributed by atoms with Crippen LogP contribution in [-0.2, 0) is 9.53 Å². The maximum absolute atomic E-state index is 11.5. The van der Waals surface area contributed by atoms with E-state index in [1.54, 1.807) is 12.1 Å². The molecule has 1 aromatic rings. The molecule has 0 radical (unpaired) electrons. The number of hydrogen-bond acceptors (Lipinski definition) is 4. The maximum Gasteiger partial charge on any atom is 0.321 e. The van der Waals surface area contributed by atoms with Crippen molar-refractivity contribution in [2.45, 2.75) is 13.3 Å². The second-order valence-electron chi connectivity index (χ2n) is 4.22. The number of imide groups is 1. The zero-order chi connectivity index (χ0) is 16.4. The monoisotopic (exact) mass is 348 g/mol. The molecule has 3 amide bonds. The average Bonchev–Trinajstić information content (AvgIpc) is 2.46. The number of rotatable bonds is 8. The Balaban J connectivity index is 2.23. The number of nitrogens with one attached hydrogen (secondary N) is 2. The van der Waals surface area contributed by atoms with Crippen molar-refractivity contribution in [3.8, 4) is 5.75 Å². The van der Waals surface area contributed by atoms with Crippen molar-refractivity contribution in [1.82, 2.24) is 10.6 Å². The lowest BCUT2D eigenvalue weighted by Gasteiger charge is -2.09. The van der Waals surface area contributed by atoms with Gasteiger partial charge in [-0.3, -0.25) is 10.1 Å². The van der Waals surface area contributed by atoms with E-state index in [1.165, 1.54) is 6.07 Å². The minimum atomic E-state index is -0.577. The summed E-state index contributed by atoms with van der Waals surface area (Å²) in [4.78, 5) is 23.0. The normalized spacial score (nSPS) is 10.1. The predicted octanol–water partition coefficient (Wildman–Crippen LogP) is 2.62. The van der Waals surface area contributed by atoms with Gasteiger partial charge in [0, 0.05) is 24.8 Å². The van der Waals surface area contributed by atoms with Gasteiger partial charge in [-0.2, -0.15) is 0 Å². The number of amides is 3. The molecule has 122 valence electrons. The van der Waals surface area contributed by atoms with Gasteiger partial charge >= 0.3 is 6.03 Å². The Morgan fingerprint density at radius 2 is 2.05 bits per heavy atom. The van der Waals surface area contributed by atoms with Crippen molar-refractivity contribution in [3.05, 3.63) is 28.2 Å². The highest BCUT2D eigenvalue weighted by Crippen LogP contribution is 2.27. The van der Waals surface area contributed by atoms with Crippen LogP contribution in [0.5, 0.6) is 5.75 Å². The van der Waals surface area contributed by atoms with Crippen molar-refractivity contribution in [1.29, 1.82) is 0 Å². The summed E-state index contributed by atoms with van der Waals surface area (Å²) in [5.74, 6) is -0.258. The van der Waals surface area contributed by atoms with Crippen molar-refractivity contribution in [3.63, 3.8) is 0 Å². The molecule has 0 aliphatic carbocycles. The molecule has 0 aliphatic heterocycles. The van der Waals surface area contributed by atoms with Gasteiger partial charge in [0.15, 0.2) is 6.61 Å². The lowest BCUT2D eigenvalue weighted by atomic mass is 10.3. The first-order valence-electron chi connectivity index (χ1n) is 6.76. The molecule has 22 heavy (non-hydrogen) atoms. The zero-order valence-electron chi connectivity index (χ0n) is 12.2. The third-order valence-electron chi connectivity index (χ3n) is 2.46. The smallest absolute Gasteiger partial charge is 0.321 e. The van der Waals surface area contributed by atoms with Gasteiger partial charge in [0.2, 0.25) is 0 Å². The van der Waals surface area contributed by atoms with Gasteiger partial charge in [0.1, 0.15) is 5.75 Å². The molecule has 8 heteroatoms. The molecule has 6 nitrogen and oxygen atoms in total. The molecule has 1 aromatic carbocycles. The van der Waals surface area contributed by atoms with Gasteiger partial charge in [-0.05, 0) is 31.5 Å². The van der Waals surface area contributed by atoms with E-state index in [0.29, 0.717) is 42.0 Å². The van der Waals surface area contributed by atoms with Crippen LogP contribution in [0.3, 0.4) is 0 Å². The van der Waals surface area contributed by atoms with E-state index in [4.69, 9.17) is 32.7 Å². The van der Waals surface area contributed by atoms with E-state index < -0.39 is 11.9 Å². The Bertz CT molecular complexity index is 512. The van der Waals surface area contributed by atoms with Gasteiger partial charge in [-0.15, -0.1) is 0 Å². The quantitative estimate of drug-likeness (QED) is 0.708. The molecular weight excluding hydrogens is 331 g/mol. The molecule has 0 heterocycles. The van der Waals surface area contributed by atoms with Crippen LogP contribution in [0.4, 0.5) is 4.79 Å². The molecular formula is C14H18Cl2N2O4. The predicted molar refractivity (Wildman–Crippen MR) is 84.6 cm³/mol. The fourth-order valence-corrected chi connectivity index (χ4v) is 1.93. The molecule has 1 rings (SSSR count). The zero-order valence-corrected chi connectivity index (χ0v) is 13.7. The van der Waals surface area contributed by atoms with E-state index in [2.05, 4.69) is 10.6 Å². The number of benzene rings is 1. The molecule has 0 saturated heterocycles. The largest absolute Gasteiger partial charge is 0.482 e. The average molecular weight is 349 g/mol. The van der Waals surface area contributed by atoms with Crippen molar-refractivity contribution in [2.24, 2.45) is 0 Å². The molecule has 0 fully saturated rings. The third kappa shape index (κ3) is 7.49. The fourth-order valence-electron chi connectivity index (χ4n) is 1.46. The molecule has 0 aliphatic rings. The van der Waals surface area contributed by atoms with Gasteiger partial charge in [0.05, 0.1) is 5.02 Å². The van der Waals surface area contributed by atoms with Crippen LogP contribution in [0.15, 0.2) is 18.2 Å². The van der Waals surface area contributed by atoms with Crippen molar-refractivity contribution in [2.75, 3.05) is 26.4 Å². The molecule has 0 unspecified atom stereocenters. The summed E-state index contributed by atoms with van der Waals surface area (Å²) >= 11 is 11.6. The SMILES string of the molecule is CCOCCCNC(=O)NC(=O)COc1ccc(Cl)cc1Cl. The summed E-state index contributed by atoms with van der Waals surface area (Å²) in [5, 5.41) is 5.45. The van der Waals surface area contributed by atoms with E-state index >= 15 is 0 Å². The number of carbonyl (C=O) groups excluding carboxylic acids is 2. The van der Waals surface area contributed by atoms with E-state index in [-0.39, 0.29) is 6.61 Å². The topological polar surface area (TPSA) is 76.7 Å². The first-order chi connectivity index (χ1) is 10.5. The summed E-state index contributed by atoms with van der Waals surface area (Å²) in [6, 6.07) is 4.06. The van der Waals surface area contributed by atoms with Crippen LogP contribution in [-0.4, -0.2) is 38.3 Å². The summed E-state index contributed by atoms with van der Waals surface area (Å²) in [6.07, 6.45) is 0.673. The summed E-state index contributed by atoms with van der Waals surface area (Å²) < 4.78 is 10.3. The molecule has 0 aromatic heterocycles. The molecule has 0 bridgehead atoms. The van der Waals surface area contributed by atoms with Crippen LogP contribution in [0.1, 0.15) is 13.3 Å². The minimum Gasteiger partial charge on any atom is -0.482 e. The second kappa shape index (κ2) is 10.3.